The van der Waals surface area contributed by atoms with Crippen LogP contribution in [0.5, 0.6) is 0 Å². The highest BCUT2D eigenvalue weighted by molar-refractivity contribution is 7.80. The third-order valence-corrected chi connectivity index (χ3v) is 4.46. The number of para-hydroxylation sites is 1. The number of amides is 1. The molecule has 0 saturated heterocycles. The van der Waals surface area contributed by atoms with Crippen molar-refractivity contribution in [2.24, 2.45) is 18.1 Å². The summed E-state index contributed by atoms with van der Waals surface area (Å²) >= 11 is 6.62. The van der Waals surface area contributed by atoms with Gasteiger partial charge in [0.05, 0.1) is 10.2 Å². The first-order valence-corrected chi connectivity index (χ1v) is 7.57. The molecule has 1 aromatic carbocycles. The number of thiocarbonyl (C=S) groups is 1. The Morgan fingerprint density at radius 3 is 2.90 bits per heavy atom. The van der Waals surface area contributed by atoms with Gasteiger partial charge in [0.1, 0.15) is 0 Å². The summed E-state index contributed by atoms with van der Waals surface area (Å²) in [6, 6.07) is 8.08. The van der Waals surface area contributed by atoms with E-state index in [4.69, 9.17) is 12.2 Å². The number of thiazole rings is 1. The van der Waals surface area contributed by atoms with Crippen LogP contribution in [-0.4, -0.2) is 15.6 Å². The molecule has 5 nitrogen and oxygen atoms in total. The van der Waals surface area contributed by atoms with Gasteiger partial charge in [0, 0.05) is 13.0 Å². The summed E-state index contributed by atoms with van der Waals surface area (Å²) in [6.45, 7) is 0. The fraction of sp³-hybridized carbons (Fsp3) is 0.308. The Hall–Kier alpha value is -1.73. The molecule has 3 rings (SSSR count). The highest BCUT2D eigenvalue weighted by Crippen LogP contribution is 2.28. The predicted octanol–water partition coefficient (Wildman–Crippen LogP) is 1.46. The number of benzene rings is 1. The maximum Gasteiger partial charge on any atom is 0.229 e. The Morgan fingerprint density at radius 1 is 1.45 bits per heavy atom. The first-order valence-electron chi connectivity index (χ1n) is 6.34. The lowest BCUT2D eigenvalue weighted by molar-refractivity contribution is -0.120. The van der Waals surface area contributed by atoms with Crippen LogP contribution in [0.1, 0.15) is 12.8 Å². The van der Waals surface area contributed by atoms with Gasteiger partial charge in [-0.3, -0.25) is 10.2 Å². The molecule has 1 amide bonds. The second-order valence-corrected chi connectivity index (χ2v) is 6.14. The van der Waals surface area contributed by atoms with Crippen LogP contribution in [0, 0.1) is 5.92 Å². The smallest absolute Gasteiger partial charge is 0.229 e. The highest BCUT2D eigenvalue weighted by Gasteiger charge is 2.29. The summed E-state index contributed by atoms with van der Waals surface area (Å²) < 4.78 is 3.14. The van der Waals surface area contributed by atoms with Gasteiger partial charge < -0.3 is 9.88 Å². The molecule has 1 aliphatic rings. The average Bonchev–Trinajstić information content (AvgIpc) is 3.23. The zero-order valence-electron chi connectivity index (χ0n) is 10.9. The van der Waals surface area contributed by atoms with Crippen molar-refractivity contribution in [2.45, 2.75) is 12.8 Å². The van der Waals surface area contributed by atoms with Crippen molar-refractivity contribution in [3.63, 3.8) is 0 Å². The van der Waals surface area contributed by atoms with Crippen molar-refractivity contribution in [3.8, 4) is 0 Å². The number of hydrogen-bond donors (Lipinski definition) is 2. The molecule has 7 heteroatoms. The molecule has 0 atom stereocenters. The van der Waals surface area contributed by atoms with E-state index in [1.165, 1.54) is 0 Å². The minimum Gasteiger partial charge on any atom is -0.318 e. The third-order valence-electron chi connectivity index (χ3n) is 3.15. The summed E-state index contributed by atoms with van der Waals surface area (Å²) in [7, 11) is 1.95. The van der Waals surface area contributed by atoms with Gasteiger partial charge >= 0.3 is 0 Å². The minimum absolute atomic E-state index is 0.0154. The Morgan fingerprint density at radius 2 is 2.20 bits per heavy atom. The Kier molecular flexibility index (Phi) is 3.54. The molecule has 2 N–H and O–H groups in total. The van der Waals surface area contributed by atoms with Gasteiger partial charge in [-0.1, -0.05) is 23.5 Å². The number of rotatable bonds is 2. The number of hydrogen-bond acceptors (Lipinski definition) is 4. The topological polar surface area (TPSA) is 58.4 Å². The maximum atomic E-state index is 11.6. The molecular weight excluding hydrogens is 292 g/mol. The van der Waals surface area contributed by atoms with Crippen LogP contribution in [0.2, 0.25) is 0 Å². The fourth-order valence-corrected chi connectivity index (χ4v) is 3.00. The van der Waals surface area contributed by atoms with Crippen molar-refractivity contribution >= 4 is 44.8 Å². The molecule has 1 aliphatic carbocycles. The first-order chi connectivity index (χ1) is 9.65. The monoisotopic (exact) mass is 306 g/mol. The van der Waals surface area contributed by atoms with Crippen molar-refractivity contribution in [1.29, 1.82) is 0 Å². The van der Waals surface area contributed by atoms with Crippen molar-refractivity contribution in [3.05, 3.63) is 29.1 Å². The molecule has 0 aliphatic heterocycles. The number of fused-ring (bicyclic) bond motifs is 1. The van der Waals surface area contributed by atoms with Crippen LogP contribution in [0.4, 0.5) is 0 Å². The Balaban J connectivity index is 1.75. The van der Waals surface area contributed by atoms with E-state index >= 15 is 0 Å². The zero-order chi connectivity index (χ0) is 14.1. The molecule has 1 saturated carbocycles. The molecule has 1 fully saturated rings. The SMILES string of the molecule is Cn1/c(=N\NC(=S)NC(=O)C2CC2)sc2ccccc21. The van der Waals surface area contributed by atoms with E-state index in [2.05, 4.69) is 15.8 Å². The van der Waals surface area contributed by atoms with E-state index in [0.29, 0.717) is 0 Å². The van der Waals surface area contributed by atoms with Gasteiger partial charge in [-0.25, -0.2) is 0 Å². The number of carbonyl (C=O) groups is 1. The largest absolute Gasteiger partial charge is 0.318 e. The molecule has 2 aromatic rings. The van der Waals surface area contributed by atoms with Crippen LogP contribution in [0.15, 0.2) is 29.4 Å². The molecule has 0 spiro atoms. The van der Waals surface area contributed by atoms with Crippen LogP contribution < -0.4 is 15.5 Å². The molecule has 1 heterocycles. The summed E-state index contributed by atoms with van der Waals surface area (Å²) in [4.78, 5) is 12.4. The van der Waals surface area contributed by atoms with Gasteiger partial charge in [0.15, 0.2) is 5.11 Å². The van der Waals surface area contributed by atoms with Crippen molar-refractivity contribution in [2.75, 3.05) is 0 Å². The van der Waals surface area contributed by atoms with Crippen molar-refractivity contribution < 1.29 is 4.79 Å². The van der Waals surface area contributed by atoms with Gasteiger partial charge in [-0.05, 0) is 37.2 Å². The number of nitrogens with one attached hydrogen (secondary N) is 2. The molecular formula is C13H14N4OS2. The maximum absolute atomic E-state index is 11.6. The lowest BCUT2D eigenvalue weighted by atomic mass is 10.3. The number of aromatic nitrogens is 1. The summed E-state index contributed by atoms with van der Waals surface area (Å²) in [5.41, 5.74) is 3.85. The minimum atomic E-state index is -0.0154. The van der Waals surface area contributed by atoms with E-state index in [-0.39, 0.29) is 16.9 Å². The number of aryl methyl sites for hydroxylation is 1. The normalized spacial score (nSPS) is 15.3. The van der Waals surface area contributed by atoms with E-state index in [1.807, 2.05) is 35.9 Å². The summed E-state index contributed by atoms with van der Waals surface area (Å²) in [5, 5.41) is 7.15. The van der Waals surface area contributed by atoms with E-state index in [9.17, 15) is 4.79 Å². The first kappa shape index (κ1) is 13.3. The second-order valence-electron chi connectivity index (χ2n) is 4.73. The fourth-order valence-electron chi connectivity index (χ4n) is 1.87. The lowest BCUT2D eigenvalue weighted by Crippen LogP contribution is -2.38. The molecule has 20 heavy (non-hydrogen) atoms. The van der Waals surface area contributed by atoms with Crippen LogP contribution >= 0.6 is 23.6 Å². The molecule has 0 radical (unpaired) electrons. The van der Waals surface area contributed by atoms with E-state index in [0.717, 1.165) is 27.9 Å². The second kappa shape index (κ2) is 5.34. The Labute approximate surface area is 125 Å². The quantitative estimate of drug-likeness (QED) is 0.652. The number of nitrogens with zero attached hydrogens (tertiary/aromatic N) is 2. The van der Waals surface area contributed by atoms with E-state index in [1.54, 1.807) is 11.3 Å². The van der Waals surface area contributed by atoms with E-state index < -0.39 is 0 Å². The summed E-state index contributed by atoms with van der Waals surface area (Å²) in [6.07, 6.45) is 1.91. The summed E-state index contributed by atoms with van der Waals surface area (Å²) in [5.74, 6) is 0.119. The van der Waals surface area contributed by atoms with Crippen molar-refractivity contribution in [1.82, 2.24) is 15.3 Å². The lowest BCUT2D eigenvalue weighted by Gasteiger charge is -2.03. The standard InChI is InChI=1S/C13H14N4OS2/c1-17-9-4-2-3-5-10(9)20-13(17)16-15-12(19)14-11(18)8-6-7-8/h2-5,8H,6-7H2,1H3,(H2,14,15,18,19)/b16-13+. The van der Waals surface area contributed by atoms with Gasteiger partial charge in [0.2, 0.25) is 10.7 Å². The van der Waals surface area contributed by atoms with Gasteiger partial charge in [-0.2, -0.15) is 0 Å². The highest BCUT2D eigenvalue weighted by atomic mass is 32.1. The van der Waals surface area contributed by atoms with Gasteiger partial charge in [-0.15, -0.1) is 5.10 Å². The zero-order valence-corrected chi connectivity index (χ0v) is 12.6. The Bertz CT molecular complexity index is 742. The predicted molar refractivity (Wildman–Crippen MR) is 83.0 cm³/mol. The third kappa shape index (κ3) is 2.73. The molecule has 104 valence electrons. The molecule has 1 aromatic heterocycles. The van der Waals surface area contributed by atoms with Crippen LogP contribution in [-0.2, 0) is 11.8 Å². The number of carbonyl (C=O) groups excluding carboxylic acids is 1. The molecule has 0 bridgehead atoms. The van der Waals surface area contributed by atoms with Crippen LogP contribution in [0.25, 0.3) is 10.2 Å². The van der Waals surface area contributed by atoms with Gasteiger partial charge in [0.25, 0.3) is 0 Å². The average molecular weight is 306 g/mol. The molecule has 0 unspecified atom stereocenters. The van der Waals surface area contributed by atoms with Crippen LogP contribution in [0.3, 0.4) is 0 Å².